The topological polar surface area (TPSA) is 93.7 Å². The van der Waals surface area contributed by atoms with Crippen molar-refractivity contribution in [1.29, 1.82) is 0 Å². The van der Waals surface area contributed by atoms with Gasteiger partial charge >= 0.3 is 12.1 Å². The highest BCUT2D eigenvalue weighted by Gasteiger charge is 2.20. The largest absolute Gasteiger partial charge is 0.467 e. The van der Waals surface area contributed by atoms with Crippen LogP contribution < -0.4 is 10.6 Å². The first-order chi connectivity index (χ1) is 11.9. The third-order valence-corrected chi connectivity index (χ3v) is 3.19. The molecule has 0 unspecified atom stereocenters. The Hall–Kier alpha value is -2.83. The molecule has 2 N–H and O–H groups in total. The number of esters is 1. The number of hydrogen-bond acceptors (Lipinski definition) is 5. The minimum Gasteiger partial charge on any atom is -0.467 e. The van der Waals surface area contributed by atoms with E-state index in [1.165, 1.54) is 7.11 Å². The second kappa shape index (κ2) is 10.9. The fraction of sp³-hybridized carbons (Fsp3) is 0.389. The van der Waals surface area contributed by atoms with Crippen molar-refractivity contribution >= 4 is 18.0 Å². The zero-order valence-corrected chi connectivity index (χ0v) is 14.7. The van der Waals surface area contributed by atoms with Crippen LogP contribution in [0.3, 0.4) is 0 Å². The van der Waals surface area contributed by atoms with E-state index in [1.807, 2.05) is 50.3 Å². The molecule has 0 radical (unpaired) electrons. The second-order valence-corrected chi connectivity index (χ2v) is 5.58. The summed E-state index contributed by atoms with van der Waals surface area (Å²) in [6, 6.07) is 8.39. The van der Waals surface area contributed by atoms with Gasteiger partial charge in [-0.2, -0.15) is 0 Å². The van der Waals surface area contributed by atoms with E-state index in [1.54, 1.807) is 0 Å². The van der Waals surface area contributed by atoms with Gasteiger partial charge in [0.05, 0.1) is 7.11 Å². The third-order valence-electron chi connectivity index (χ3n) is 3.19. The number of rotatable bonds is 8. The molecule has 2 amide bonds. The van der Waals surface area contributed by atoms with E-state index in [2.05, 4.69) is 15.4 Å². The van der Waals surface area contributed by atoms with Gasteiger partial charge in [0.15, 0.2) is 0 Å². The zero-order chi connectivity index (χ0) is 18.7. The predicted octanol–water partition coefficient (Wildman–Crippen LogP) is 1.93. The van der Waals surface area contributed by atoms with Crippen LogP contribution in [0.4, 0.5) is 4.79 Å². The van der Waals surface area contributed by atoms with Gasteiger partial charge in [-0.05, 0) is 25.8 Å². The number of alkyl carbamates (subject to hydrolysis) is 1. The number of ether oxygens (including phenoxy) is 2. The summed E-state index contributed by atoms with van der Waals surface area (Å²) in [7, 11) is 1.25. The number of methoxy groups -OCH3 is 1. The minimum absolute atomic E-state index is 0.111. The summed E-state index contributed by atoms with van der Waals surface area (Å²) >= 11 is 0. The Bertz CT molecular complexity index is 609. The lowest BCUT2D eigenvalue weighted by Crippen LogP contribution is -2.45. The highest BCUT2D eigenvalue weighted by Crippen LogP contribution is 2.02. The van der Waals surface area contributed by atoms with Crippen LogP contribution in [0.25, 0.3) is 0 Å². The van der Waals surface area contributed by atoms with Gasteiger partial charge in [-0.3, -0.25) is 4.79 Å². The van der Waals surface area contributed by atoms with Crippen LogP contribution >= 0.6 is 0 Å². The summed E-state index contributed by atoms with van der Waals surface area (Å²) in [5, 5.41) is 4.86. The van der Waals surface area contributed by atoms with Crippen LogP contribution in [0, 0.1) is 0 Å². The maximum absolute atomic E-state index is 11.9. The number of carbonyl (C=O) groups excluding carboxylic acids is 3. The smallest absolute Gasteiger partial charge is 0.407 e. The Balaban J connectivity index is 2.39. The molecule has 0 fully saturated rings. The Labute approximate surface area is 147 Å². The molecule has 1 aromatic rings. The summed E-state index contributed by atoms with van der Waals surface area (Å²) in [4.78, 5) is 35.2. The molecule has 0 bridgehead atoms. The molecular weight excluding hydrogens is 324 g/mol. The number of allylic oxidation sites excluding steroid dienone is 1. The van der Waals surface area contributed by atoms with Crippen LogP contribution in [0.5, 0.6) is 0 Å². The number of hydrogen-bond donors (Lipinski definition) is 2. The van der Waals surface area contributed by atoms with E-state index in [4.69, 9.17) is 4.74 Å². The molecular formula is C18H24N2O5. The fourth-order valence-corrected chi connectivity index (χ4v) is 1.88. The second-order valence-electron chi connectivity index (χ2n) is 5.58. The third kappa shape index (κ3) is 8.55. The Morgan fingerprint density at radius 3 is 2.44 bits per heavy atom. The molecule has 0 heterocycles. The molecule has 0 saturated heterocycles. The summed E-state index contributed by atoms with van der Waals surface area (Å²) in [5.74, 6) is -1.05. The highest BCUT2D eigenvalue weighted by molar-refractivity contribution is 5.87. The molecule has 1 atom stereocenters. The quantitative estimate of drug-likeness (QED) is 0.553. The van der Waals surface area contributed by atoms with Gasteiger partial charge < -0.3 is 20.1 Å². The van der Waals surface area contributed by atoms with Crippen molar-refractivity contribution in [2.24, 2.45) is 0 Å². The summed E-state index contributed by atoms with van der Waals surface area (Å²) < 4.78 is 9.66. The normalized spacial score (nSPS) is 11.0. The molecule has 0 aliphatic rings. The van der Waals surface area contributed by atoms with Crippen molar-refractivity contribution < 1.29 is 23.9 Å². The van der Waals surface area contributed by atoms with Gasteiger partial charge in [-0.15, -0.1) is 0 Å². The zero-order valence-electron chi connectivity index (χ0n) is 14.7. The average Bonchev–Trinajstić information content (AvgIpc) is 2.61. The Morgan fingerprint density at radius 2 is 1.84 bits per heavy atom. The first kappa shape index (κ1) is 20.2. The van der Waals surface area contributed by atoms with Crippen molar-refractivity contribution in [3.8, 4) is 0 Å². The van der Waals surface area contributed by atoms with Crippen molar-refractivity contribution in [2.75, 3.05) is 13.7 Å². The molecule has 1 rings (SSSR count). The first-order valence-electron chi connectivity index (χ1n) is 7.87. The fourth-order valence-electron chi connectivity index (χ4n) is 1.88. The SMILES string of the molecule is COC(=O)[C@H](CC=C(C)C)NC(=O)CNC(=O)OCc1ccccc1. The molecule has 0 aliphatic carbocycles. The van der Waals surface area contributed by atoms with Crippen molar-refractivity contribution in [2.45, 2.75) is 32.9 Å². The maximum atomic E-state index is 11.9. The average molecular weight is 348 g/mol. The van der Waals surface area contributed by atoms with Crippen LogP contribution in [0.15, 0.2) is 42.0 Å². The van der Waals surface area contributed by atoms with Gasteiger partial charge in [0.2, 0.25) is 5.91 Å². The molecule has 0 saturated carbocycles. The molecule has 0 aliphatic heterocycles. The van der Waals surface area contributed by atoms with Crippen molar-refractivity contribution in [3.63, 3.8) is 0 Å². The van der Waals surface area contributed by atoms with Crippen LogP contribution in [-0.4, -0.2) is 37.7 Å². The van der Waals surface area contributed by atoms with Crippen molar-refractivity contribution in [3.05, 3.63) is 47.5 Å². The van der Waals surface area contributed by atoms with E-state index in [0.717, 1.165) is 11.1 Å². The lowest BCUT2D eigenvalue weighted by atomic mass is 10.1. The van der Waals surface area contributed by atoms with E-state index >= 15 is 0 Å². The molecule has 7 nitrogen and oxygen atoms in total. The van der Waals surface area contributed by atoms with Gasteiger partial charge in [-0.25, -0.2) is 9.59 Å². The highest BCUT2D eigenvalue weighted by atomic mass is 16.5. The summed E-state index contributed by atoms with van der Waals surface area (Å²) in [5.41, 5.74) is 1.86. The monoisotopic (exact) mass is 348 g/mol. The van der Waals surface area contributed by atoms with Crippen molar-refractivity contribution in [1.82, 2.24) is 10.6 Å². The molecule has 136 valence electrons. The Kier molecular flexibility index (Phi) is 8.78. The van der Waals surface area contributed by atoms with Crippen LogP contribution in [0.2, 0.25) is 0 Å². The van der Waals surface area contributed by atoms with Gasteiger partial charge in [0.25, 0.3) is 0 Å². The van der Waals surface area contributed by atoms with Crippen LogP contribution in [-0.2, 0) is 25.7 Å². The van der Waals surface area contributed by atoms with Crippen LogP contribution in [0.1, 0.15) is 25.8 Å². The molecule has 7 heteroatoms. The maximum Gasteiger partial charge on any atom is 0.407 e. The molecule has 1 aromatic carbocycles. The molecule has 25 heavy (non-hydrogen) atoms. The first-order valence-corrected chi connectivity index (χ1v) is 7.87. The number of carbonyl (C=O) groups is 3. The number of amides is 2. The number of benzene rings is 1. The van der Waals surface area contributed by atoms with Gasteiger partial charge in [0.1, 0.15) is 19.2 Å². The molecule has 0 spiro atoms. The summed E-state index contributed by atoms with van der Waals surface area (Å²) in [6.07, 6.45) is 1.43. The Morgan fingerprint density at radius 1 is 1.16 bits per heavy atom. The lowest BCUT2D eigenvalue weighted by molar-refractivity contribution is -0.144. The predicted molar refractivity (Wildman–Crippen MR) is 92.6 cm³/mol. The summed E-state index contributed by atoms with van der Waals surface area (Å²) in [6.45, 7) is 3.59. The van der Waals surface area contributed by atoms with E-state index in [-0.39, 0.29) is 13.2 Å². The van der Waals surface area contributed by atoms with Gasteiger partial charge in [0, 0.05) is 0 Å². The lowest BCUT2D eigenvalue weighted by Gasteiger charge is -2.15. The standard InChI is InChI=1S/C18H24N2O5/c1-13(2)9-10-15(17(22)24-3)20-16(21)11-19-18(23)25-12-14-7-5-4-6-8-14/h4-9,15H,10-12H2,1-3H3,(H,19,23)(H,20,21)/t15-/m0/s1. The van der Waals surface area contributed by atoms with E-state index in [0.29, 0.717) is 6.42 Å². The number of nitrogens with one attached hydrogen (secondary N) is 2. The molecule has 0 aromatic heterocycles. The van der Waals surface area contributed by atoms with Gasteiger partial charge in [-0.1, -0.05) is 42.0 Å². The minimum atomic E-state index is -0.797. The van der Waals surface area contributed by atoms with E-state index < -0.39 is 24.0 Å². The van der Waals surface area contributed by atoms with E-state index in [9.17, 15) is 14.4 Å².